The van der Waals surface area contributed by atoms with Crippen molar-refractivity contribution in [2.75, 3.05) is 6.54 Å². The van der Waals surface area contributed by atoms with Gasteiger partial charge in [-0.3, -0.25) is 4.79 Å². The lowest BCUT2D eigenvalue weighted by molar-refractivity contribution is 0.0957. The molecule has 2 aromatic rings. The Morgan fingerprint density at radius 3 is 2.16 bits per heavy atom. The van der Waals surface area contributed by atoms with Crippen LogP contribution in [-0.4, -0.2) is 12.5 Å². The fourth-order valence-corrected chi connectivity index (χ4v) is 1.68. The first-order chi connectivity index (χ1) is 9.33. The van der Waals surface area contributed by atoms with Crippen molar-refractivity contribution < 1.29 is 4.79 Å². The van der Waals surface area contributed by atoms with E-state index in [4.69, 9.17) is 0 Å². The highest BCUT2D eigenvalue weighted by atomic mass is 16.1. The second-order valence-electron chi connectivity index (χ2n) is 3.39. The average Bonchev–Trinajstić information content (AvgIpc) is 2.51. The van der Waals surface area contributed by atoms with Crippen LogP contribution in [0.4, 0.5) is 0 Å². The number of carbonyl (C=O) groups excluding carboxylic acids is 1. The normalized spacial score (nSPS) is 8.68. The Kier molecular flexibility index (Phi) is 9.15. The second-order valence-corrected chi connectivity index (χ2v) is 3.39. The molecule has 19 heavy (non-hydrogen) atoms. The first-order valence-corrected chi connectivity index (χ1v) is 7.09. The van der Waals surface area contributed by atoms with Crippen LogP contribution < -0.4 is 5.32 Å². The first kappa shape index (κ1) is 17.2. The molecule has 2 heteroatoms. The van der Waals surface area contributed by atoms with Gasteiger partial charge in [0.15, 0.2) is 0 Å². The molecule has 0 aliphatic heterocycles. The van der Waals surface area contributed by atoms with Gasteiger partial charge in [0.25, 0.3) is 5.91 Å². The van der Waals surface area contributed by atoms with Gasteiger partial charge in [-0.2, -0.15) is 0 Å². The number of carbonyl (C=O) groups is 1. The number of rotatable bonds is 2. The van der Waals surface area contributed by atoms with Crippen LogP contribution in [0.2, 0.25) is 0 Å². The summed E-state index contributed by atoms with van der Waals surface area (Å²) in [4.78, 5) is 11.7. The topological polar surface area (TPSA) is 29.1 Å². The van der Waals surface area contributed by atoms with Crippen LogP contribution in [0, 0.1) is 0 Å². The van der Waals surface area contributed by atoms with Gasteiger partial charge in [0.1, 0.15) is 0 Å². The van der Waals surface area contributed by atoms with Crippen molar-refractivity contribution in [1.29, 1.82) is 0 Å². The van der Waals surface area contributed by atoms with Crippen molar-refractivity contribution in [3.8, 4) is 0 Å². The van der Waals surface area contributed by atoms with E-state index in [1.807, 2.05) is 77.1 Å². The van der Waals surface area contributed by atoms with Crippen LogP contribution in [0.5, 0.6) is 0 Å². The minimum absolute atomic E-state index is 0.00528. The zero-order valence-corrected chi connectivity index (χ0v) is 12.7. The SMILES string of the molecule is CC.CC.CCNC(=O)c1cccc2ccccc12. The predicted molar refractivity (Wildman–Crippen MR) is 84.7 cm³/mol. The molecule has 0 unspecified atom stereocenters. The molecule has 0 fully saturated rings. The third-order valence-corrected chi connectivity index (χ3v) is 2.37. The van der Waals surface area contributed by atoms with Gasteiger partial charge in [0, 0.05) is 12.1 Å². The lowest BCUT2D eigenvalue weighted by atomic mass is 10.0. The maximum atomic E-state index is 11.7. The minimum Gasteiger partial charge on any atom is -0.352 e. The average molecular weight is 259 g/mol. The van der Waals surface area contributed by atoms with Crippen LogP contribution in [0.1, 0.15) is 45.0 Å². The zero-order valence-electron chi connectivity index (χ0n) is 12.7. The summed E-state index contributed by atoms with van der Waals surface area (Å²) in [5, 5.41) is 4.92. The second kappa shape index (κ2) is 10.1. The molecule has 0 saturated carbocycles. The van der Waals surface area contributed by atoms with Crippen molar-refractivity contribution in [2.24, 2.45) is 0 Å². The van der Waals surface area contributed by atoms with Gasteiger partial charge in [-0.1, -0.05) is 64.1 Å². The molecule has 2 aromatic carbocycles. The molecular formula is C17H25NO. The maximum absolute atomic E-state index is 11.7. The minimum atomic E-state index is -0.00528. The van der Waals surface area contributed by atoms with Crippen LogP contribution in [-0.2, 0) is 0 Å². The molecule has 104 valence electrons. The third-order valence-electron chi connectivity index (χ3n) is 2.37. The highest BCUT2D eigenvalue weighted by Crippen LogP contribution is 2.18. The Morgan fingerprint density at radius 2 is 1.53 bits per heavy atom. The van der Waals surface area contributed by atoms with E-state index < -0.39 is 0 Å². The molecule has 2 nitrogen and oxygen atoms in total. The number of hydrogen-bond donors (Lipinski definition) is 1. The van der Waals surface area contributed by atoms with Gasteiger partial charge in [0.05, 0.1) is 0 Å². The fourth-order valence-electron chi connectivity index (χ4n) is 1.68. The molecule has 0 saturated heterocycles. The fraction of sp³-hybridized carbons (Fsp3) is 0.353. The lowest BCUT2D eigenvalue weighted by Crippen LogP contribution is -2.22. The molecule has 0 heterocycles. The molecule has 1 amide bonds. The lowest BCUT2D eigenvalue weighted by Gasteiger charge is -2.05. The van der Waals surface area contributed by atoms with Crippen LogP contribution >= 0.6 is 0 Å². The zero-order chi connectivity index (χ0) is 14.7. The van der Waals surface area contributed by atoms with Gasteiger partial charge in [-0.25, -0.2) is 0 Å². The highest BCUT2D eigenvalue weighted by molar-refractivity contribution is 6.06. The smallest absolute Gasteiger partial charge is 0.251 e. The van der Waals surface area contributed by atoms with E-state index in [0.29, 0.717) is 6.54 Å². The Hall–Kier alpha value is -1.83. The molecular weight excluding hydrogens is 234 g/mol. The summed E-state index contributed by atoms with van der Waals surface area (Å²) in [5.74, 6) is -0.00528. The standard InChI is InChI=1S/C13H13NO.2C2H6/c1-2-14-13(15)12-9-5-7-10-6-3-4-8-11(10)12;2*1-2/h3-9H,2H2,1H3,(H,14,15);2*1-2H3. The number of fused-ring (bicyclic) bond motifs is 1. The van der Waals surface area contributed by atoms with Crippen LogP contribution in [0.15, 0.2) is 42.5 Å². The van der Waals surface area contributed by atoms with E-state index in [2.05, 4.69) is 5.32 Å². The van der Waals surface area contributed by atoms with Crippen LogP contribution in [0.25, 0.3) is 10.8 Å². The van der Waals surface area contributed by atoms with Crippen LogP contribution in [0.3, 0.4) is 0 Å². The summed E-state index contributed by atoms with van der Waals surface area (Å²) in [7, 11) is 0. The summed E-state index contributed by atoms with van der Waals surface area (Å²) < 4.78 is 0. The Labute approximate surface area is 116 Å². The molecule has 0 aliphatic rings. The van der Waals surface area contributed by atoms with Gasteiger partial charge < -0.3 is 5.32 Å². The van der Waals surface area contributed by atoms with Gasteiger partial charge >= 0.3 is 0 Å². The molecule has 0 bridgehead atoms. The van der Waals surface area contributed by atoms with E-state index in [1.165, 1.54) is 0 Å². The van der Waals surface area contributed by atoms with Crippen molar-refractivity contribution in [3.63, 3.8) is 0 Å². The van der Waals surface area contributed by atoms with Crippen molar-refractivity contribution in [1.82, 2.24) is 5.32 Å². The van der Waals surface area contributed by atoms with Crippen molar-refractivity contribution in [3.05, 3.63) is 48.0 Å². The quantitative estimate of drug-likeness (QED) is 0.836. The largest absolute Gasteiger partial charge is 0.352 e. The number of benzene rings is 2. The first-order valence-electron chi connectivity index (χ1n) is 7.09. The predicted octanol–water partition coefficient (Wildman–Crippen LogP) is 4.64. The summed E-state index contributed by atoms with van der Waals surface area (Å²) >= 11 is 0. The number of amides is 1. The molecule has 0 atom stereocenters. The number of hydrogen-bond acceptors (Lipinski definition) is 1. The molecule has 0 aliphatic carbocycles. The number of nitrogens with one attached hydrogen (secondary N) is 1. The summed E-state index contributed by atoms with van der Waals surface area (Å²) in [6, 6.07) is 13.7. The van der Waals surface area contributed by atoms with Crippen molar-refractivity contribution >= 4 is 16.7 Å². The Morgan fingerprint density at radius 1 is 0.947 bits per heavy atom. The van der Waals surface area contributed by atoms with Crippen molar-refractivity contribution in [2.45, 2.75) is 34.6 Å². The van der Waals surface area contributed by atoms with E-state index in [0.717, 1.165) is 16.3 Å². The van der Waals surface area contributed by atoms with E-state index in [9.17, 15) is 4.79 Å². The Balaban J connectivity index is 0.000000741. The van der Waals surface area contributed by atoms with Gasteiger partial charge in [-0.05, 0) is 23.8 Å². The van der Waals surface area contributed by atoms with Gasteiger partial charge in [-0.15, -0.1) is 0 Å². The van der Waals surface area contributed by atoms with E-state index in [1.54, 1.807) is 0 Å². The maximum Gasteiger partial charge on any atom is 0.251 e. The van der Waals surface area contributed by atoms with E-state index in [-0.39, 0.29) is 5.91 Å². The molecule has 2 rings (SSSR count). The highest BCUT2D eigenvalue weighted by Gasteiger charge is 2.07. The molecule has 0 aromatic heterocycles. The summed E-state index contributed by atoms with van der Waals surface area (Å²) in [6.07, 6.45) is 0. The monoisotopic (exact) mass is 259 g/mol. The third kappa shape index (κ3) is 4.74. The molecule has 1 N–H and O–H groups in total. The van der Waals surface area contributed by atoms with Gasteiger partial charge in [0.2, 0.25) is 0 Å². The molecule has 0 spiro atoms. The summed E-state index contributed by atoms with van der Waals surface area (Å²) in [6.45, 7) is 10.6. The molecule has 0 radical (unpaired) electrons. The summed E-state index contributed by atoms with van der Waals surface area (Å²) in [5.41, 5.74) is 0.745. The Bertz CT molecular complexity index is 486. The van der Waals surface area contributed by atoms with E-state index >= 15 is 0 Å².